The van der Waals surface area contributed by atoms with Crippen LogP contribution in [0.3, 0.4) is 0 Å². The first-order chi connectivity index (χ1) is 15.4. The number of aryl methyl sites for hydroxylation is 1. The van der Waals surface area contributed by atoms with E-state index >= 15 is 0 Å². The first-order valence-corrected chi connectivity index (χ1v) is 15.2. The average molecular weight is 473 g/mol. The number of hydrogen-bond donors (Lipinski definition) is 0. The van der Waals surface area contributed by atoms with Gasteiger partial charge in [0.1, 0.15) is 0 Å². The SMILES string of the molecule is CCCCCCCCCCCCCCCCc1cc(-c2cccs2)sc1-c1cccs1. The molecule has 0 aliphatic rings. The van der Waals surface area contributed by atoms with Gasteiger partial charge < -0.3 is 0 Å². The van der Waals surface area contributed by atoms with Crippen molar-refractivity contribution in [2.24, 2.45) is 0 Å². The largest absolute Gasteiger partial charge is 0.143 e. The van der Waals surface area contributed by atoms with Gasteiger partial charge in [0.05, 0.1) is 0 Å². The topological polar surface area (TPSA) is 0 Å². The van der Waals surface area contributed by atoms with E-state index in [-0.39, 0.29) is 0 Å². The lowest BCUT2D eigenvalue weighted by atomic mass is 10.0. The quantitative estimate of drug-likeness (QED) is 0.171. The predicted molar refractivity (Wildman–Crippen MR) is 145 cm³/mol. The molecule has 0 radical (unpaired) electrons. The summed E-state index contributed by atoms with van der Waals surface area (Å²) in [6.45, 7) is 2.30. The molecule has 0 unspecified atom stereocenters. The van der Waals surface area contributed by atoms with Gasteiger partial charge >= 0.3 is 0 Å². The van der Waals surface area contributed by atoms with Gasteiger partial charge in [0, 0.05) is 19.5 Å². The van der Waals surface area contributed by atoms with Crippen LogP contribution in [0, 0.1) is 0 Å². The van der Waals surface area contributed by atoms with Crippen LogP contribution < -0.4 is 0 Å². The molecule has 0 aliphatic heterocycles. The Morgan fingerprint density at radius 3 is 1.61 bits per heavy atom. The van der Waals surface area contributed by atoms with Crippen molar-refractivity contribution < 1.29 is 0 Å². The van der Waals surface area contributed by atoms with Gasteiger partial charge in [-0.3, -0.25) is 0 Å². The summed E-state index contributed by atoms with van der Waals surface area (Å²) in [5, 5.41) is 4.39. The van der Waals surface area contributed by atoms with Crippen LogP contribution in [0.5, 0.6) is 0 Å². The Morgan fingerprint density at radius 1 is 0.581 bits per heavy atom. The van der Waals surface area contributed by atoms with Gasteiger partial charge in [-0.05, 0) is 47.4 Å². The van der Waals surface area contributed by atoms with Gasteiger partial charge in [0.2, 0.25) is 0 Å². The van der Waals surface area contributed by atoms with Crippen LogP contribution in [0.4, 0.5) is 0 Å². The summed E-state index contributed by atoms with van der Waals surface area (Å²) < 4.78 is 0. The molecule has 3 aromatic heterocycles. The third-order valence-electron chi connectivity index (χ3n) is 6.12. The fourth-order valence-corrected chi connectivity index (χ4v) is 7.21. The smallest absolute Gasteiger partial charge is 0.0481 e. The van der Waals surface area contributed by atoms with Crippen molar-refractivity contribution >= 4 is 34.0 Å². The van der Waals surface area contributed by atoms with E-state index in [0.29, 0.717) is 0 Å². The molecule has 170 valence electrons. The Balaban J connectivity index is 1.29. The van der Waals surface area contributed by atoms with E-state index in [1.165, 1.54) is 116 Å². The van der Waals surface area contributed by atoms with Crippen molar-refractivity contribution in [2.45, 2.75) is 103 Å². The molecule has 3 rings (SSSR count). The first kappa shape index (κ1) is 24.7. The summed E-state index contributed by atoms with van der Waals surface area (Å²) in [6.07, 6.45) is 21.2. The van der Waals surface area contributed by atoms with Crippen LogP contribution in [-0.4, -0.2) is 0 Å². The first-order valence-electron chi connectivity index (χ1n) is 12.6. The van der Waals surface area contributed by atoms with Crippen molar-refractivity contribution in [3.63, 3.8) is 0 Å². The normalized spacial score (nSPS) is 11.4. The second-order valence-corrected chi connectivity index (χ2v) is 11.7. The summed E-state index contributed by atoms with van der Waals surface area (Å²) in [4.78, 5) is 5.80. The Hall–Kier alpha value is -0.900. The molecule has 0 spiro atoms. The van der Waals surface area contributed by atoms with Crippen LogP contribution in [0.25, 0.3) is 19.5 Å². The Bertz CT molecular complexity index is 796. The highest BCUT2D eigenvalue weighted by molar-refractivity contribution is 7.26. The molecule has 0 aromatic carbocycles. The second-order valence-electron chi connectivity index (χ2n) is 8.77. The summed E-state index contributed by atoms with van der Waals surface area (Å²) in [7, 11) is 0. The predicted octanol–water partition coefficient (Wildman–Crippen LogP) is 11.2. The molecule has 0 nitrogen and oxygen atoms in total. The van der Waals surface area contributed by atoms with E-state index in [2.05, 4.69) is 48.0 Å². The monoisotopic (exact) mass is 472 g/mol. The van der Waals surface area contributed by atoms with Gasteiger partial charge in [-0.15, -0.1) is 34.0 Å². The zero-order valence-electron chi connectivity index (χ0n) is 19.4. The van der Waals surface area contributed by atoms with Crippen molar-refractivity contribution in [2.75, 3.05) is 0 Å². The van der Waals surface area contributed by atoms with Crippen LogP contribution in [0.15, 0.2) is 41.1 Å². The molecular weight excluding hydrogens is 433 g/mol. The van der Waals surface area contributed by atoms with Crippen LogP contribution in [0.1, 0.15) is 102 Å². The minimum absolute atomic E-state index is 1.23. The molecule has 0 atom stereocenters. The summed E-state index contributed by atoms with van der Waals surface area (Å²) in [5.41, 5.74) is 1.56. The van der Waals surface area contributed by atoms with Gasteiger partial charge in [-0.2, -0.15) is 0 Å². The fourth-order valence-electron chi connectivity index (χ4n) is 4.28. The molecule has 3 aromatic rings. The van der Waals surface area contributed by atoms with Crippen molar-refractivity contribution in [3.05, 3.63) is 46.7 Å². The maximum Gasteiger partial charge on any atom is 0.0481 e. The van der Waals surface area contributed by atoms with E-state index in [4.69, 9.17) is 0 Å². The third-order valence-corrected chi connectivity index (χ3v) is 9.41. The molecule has 0 saturated heterocycles. The van der Waals surface area contributed by atoms with E-state index in [0.717, 1.165) is 0 Å². The zero-order chi connectivity index (χ0) is 21.6. The highest BCUT2D eigenvalue weighted by atomic mass is 32.1. The molecule has 3 heteroatoms. The number of rotatable bonds is 17. The van der Waals surface area contributed by atoms with Gasteiger partial charge in [-0.25, -0.2) is 0 Å². The zero-order valence-corrected chi connectivity index (χ0v) is 21.8. The second kappa shape index (κ2) is 15.0. The van der Waals surface area contributed by atoms with Crippen molar-refractivity contribution in [3.8, 4) is 19.5 Å². The lowest BCUT2D eigenvalue weighted by molar-refractivity contribution is 0.535. The standard InChI is InChI=1S/C28H40S3/c1-2-3-4-5-6-7-8-9-10-11-12-13-14-15-18-24-23-27(25-19-16-21-29-25)31-28(24)26-20-17-22-30-26/h16-17,19-23H,2-15,18H2,1H3. The van der Waals surface area contributed by atoms with Crippen molar-refractivity contribution in [1.82, 2.24) is 0 Å². The molecule has 0 fully saturated rings. The molecule has 0 amide bonds. The average Bonchev–Trinajstić information content (AvgIpc) is 3.55. The highest BCUT2D eigenvalue weighted by Gasteiger charge is 2.13. The summed E-state index contributed by atoms with van der Waals surface area (Å²) >= 11 is 5.72. The van der Waals surface area contributed by atoms with E-state index in [1.807, 2.05) is 34.0 Å². The molecule has 0 aliphatic carbocycles. The summed E-state index contributed by atoms with van der Waals surface area (Å²) in [6, 6.07) is 11.3. The lowest BCUT2D eigenvalue weighted by Crippen LogP contribution is -1.87. The molecule has 3 heterocycles. The molecule has 31 heavy (non-hydrogen) atoms. The highest BCUT2D eigenvalue weighted by Crippen LogP contribution is 2.42. The Labute approximate surface area is 202 Å². The van der Waals surface area contributed by atoms with Crippen molar-refractivity contribution in [1.29, 1.82) is 0 Å². The third kappa shape index (κ3) is 8.86. The summed E-state index contributed by atoms with van der Waals surface area (Å²) in [5.74, 6) is 0. The number of thiophene rings is 3. The number of unbranched alkanes of at least 4 members (excludes halogenated alkanes) is 13. The molecular formula is C28H40S3. The van der Waals surface area contributed by atoms with Crippen LogP contribution in [-0.2, 0) is 6.42 Å². The van der Waals surface area contributed by atoms with Gasteiger partial charge in [0.25, 0.3) is 0 Å². The van der Waals surface area contributed by atoms with Gasteiger partial charge in [-0.1, -0.05) is 103 Å². The van der Waals surface area contributed by atoms with Crippen LogP contribution >= 0.6 is 34.0 Å². The van der Waals surface area contributed by atoms with E-state index < -0.39 is 0 Å². The maximum atomic E-state index is 2.47. The Kier molecular flexibility index (Phi) is 12.0. The molecule has 0 bridgehead atoms. The molecule has 0 saturated carbocycles. The number of hydrogen-bond acceptors (Lipinski definition) is 3. The van der Waals surface area contributed by atoms with E-state index in [1.54, 1.807) is 5.56 Å². The molecule has 0 N–H and O–H groups in total. The maximum absolute atomic E-state index is 2.47. The Morgan fingerprint density at radius 2 is 1.10 bits per heavy atom. The van der Waals surface area contributed by atoms with E-state index in [9.17, 15) is 0 Å². The minimum Gasteiger partial charge on any atom is -0.143 e. The van der Waals surface area contributed by atoms with Crippen LogP contribution in [0.2, 0.25) is 0 Å². The lowest BCUT2D eigenvalue weighted by Gasteiger charge is -2.04. The minimum atomic E-state index is 1.23. The van der Waals surface area contributed by atoms with Gasteiger partial charge in [0.15, 0.2) is 0 Å². The fraction of sp³-hybridized carbons (Fsp3) is 0.571.